The number of benzene rings is 1. The van der Waals surface area contributed by atoms with E-state index in [1.165, 1.54) is 0 Å². The molecular weight excluding hydrogens is 398 g/mol. The van der Waals surface area contributed by atoms with Gasteiger partial charge in [-0.2, -0.15) is 0 Å². The first-order valence-corrected chi connectivity index (χ1v) is 10.2. The van der Waals surface area contributed by atoms with E-state index in [0.717, 1.165) is 16.7 Å². The minimum Gasteiger partial charge on any atom is -0.440 e. The molecule has 8 heteroatoms. The summed E-state index contributed by atoms with van der Waals surface area (Å²) >= 11 is 0. The van der Waals surface area contributed by atoms with E-state index < -0.39 is 17.5 Å². The van der Waals surface area contributed by atoms with Crippen LogP contribution in [0.3, 0.4) is 0 Å². The molecule has 31 heavy (non-hydrogen) atoms. The number of aryl methyl sites for hydroxylation is 1. The highest BCUT2D eigenvalue weighted by molar-refractivity contribution is 5.41. The van der Waals surface area contributed by atoms with Gasteiger partial charge in [0.2, 0.25) is 5.88 Å². The van der Waals surface area contributed by atoms with E-state index in [4.69, 9.17) is 14.2 Å². The van der Waals surface area contributed by atoms with Gasteiger partial charge in [-0.15, -0.1) is 0 Å². The molecule has 0 aliphatic carbocycles. The van der Waals surface area contributed by atoms with Crippen molar-refractivity contribution in [2.45, 2.75) is 33.0 Å². The number of aromatic amines is 2. The van der Waals surface area contributed by atoms with Crippen LogP contribution >= 0.6 is 0 Å². The van der Waals surface area contributed by atoms with Crippen LogP contribution in [0, 0.1) is 12.8 Å². The molecular formula is C23H25N3O5. The summed E-state index contributed by atoms with van der Waals surface area (Å²) in [5.41, 5.74) is 1.91. The van der Waals surface area contributed by atoms with Crippen molar-refractivity contribution < 1.29 is 14.2 Å². The maximum absolute atomic E-state index is 12.9. The number of hydrogen-bond donors (Lipinski definition) is 2. The summed E-state index contributed by atoms with van der Waals surface area (Å²) in [5.74, 6) is 0.359. The normalized spacial score (nSPS) is 15.4. The molecule has 1 atom stereocenters. The zero-order valence-corrected chi connectivity index (χ0v) is 17.7. The van der Waals surface area contributed by atoms with Crippen LogP contribution in [0.1, 0.15) is 48.3 Å². The van der Waals surface area contributed by atoms with Gasteiger partial charge in [-0.25, -0.2) is 4.79 Å². The number of H-pyrrole nitrogens is 2. The van der Waals surface area contributed by atoms with Crippen LogP contribution in [-0.4, -0.2) is 28.2 Å². The second kappa shape index (κ2) is 8.87. The predicted octanol–water partition coefficient (Wildman–Crippen LogP) is 3.39. The van der Waals surface area contributed by atoms with Gasteiger partial charge in [0.1, 0.15) is 5.75 Å². The van der Waals surface area contributed by atoms with Crippen LogP contribution in [0.15, 0.2) is 52.3 Å². The van der Waals surface area contributed by atoms with Crippen molar-refractivity contribution in [1.82, 2.24) is 15.0 Å². The van der Waals surface area contributed by atoms with Crippen LogP contribution in [0.5, 0.6) is 11.6 Å². The van der Waals surface area contributed by atoms with Crippen molar-refractivity contribution >= 4 is 0 Å². The number of ether oxygens (including phenoxy) is 3. The molecule has 0 spiro atoms. The largest absolute Gasteiger partial charge is 0.440 e. The number of hydrogen-bond acceptors (Lipinski definition) is 6. The lowest BCUT2D eigenvalue weighted by molar-refractivity contribution is -0.0442. The summed E-state index contributed by atoms with van der Waals surface area (Å²) in [4.78, 5) is 34.1. The molecule has 2 aromatic heterocycles. The van der Waals surface area contributed by atoms with E-state index in [9.17, 15) is 9.59 Å². The van der Waals surface area contributed by atoms with Gasteiger partial charge in [0.25, 0.3) is 5.56 Å². The molecule has 0 amide bonds. The summed E-state index contributed by atoms with van der Waals surface area (Å²) in [7, 11) is 0. The van der Waals surface area contributed by atoms with Crippen LogP contribution in [-0.2, 0) is 9.47 Å². The highest BCUT2D eigenvalue weighted by Crippen LogP contribution is 2.36. The van der Waals surface area contributed by atoms with Gasteiger partial charge in [0, 0.05) is 23.9 Å². The van der Waals surface area contributed by atoms with Crippen molar-refractivity contribution in [2.75, 3.05) is 13.2 Å². The molecule has 1 unspecified atom stereocenters. The molecule has 0 radical (unpaired) electrons. The topological polar surface area (TPSA) is 106 Å². The first-order chi connectivity index (χ1) is 14.9. The maximum Gasteiger partial charge on any atom is 0.328 e. The Hall–Kier alpha value is -3.23. The van der Waals surface area contributed by atoms with Gasteiger partial charge in [-0.1, -0.05) is 19.9 Å². The van der Waals surface area contributed by atoms with E-state index in [2.05, 4.69) is 15.0 Å². The van der Waals surface area contributed by atoms with Gasteiger partial charge in [-0.05, 0) is 48.2 Å². The highest BCUT2D eigenvalue weighted by Gasteiger charge is 2.27. The lowest BCUT2D eigenvalue weighted by Crippen LogP contribution is -2.29. The molecule has 0 bridgehead atoms. The zero-order chi connectivity index (χ0) is 22.0. The Balaban J connectivity index is 1.79. The smallest absolute Gasteiger partial charge is 0.328 e. The second-order valence-electron chi connectivity index (χ2n) is 7.91. The third kappa shape index (κ3) is 4.60. The molecule has 1 aliphatic rings. The fourth-order valence-electron chi connectivity index (χ4n) is 3.93. The minimum atomic E-state index is -0.628. The van der Waals surface area contributed by atoms with Crippen molar-refractivity contribution in [2.24, 2.45) is 5.92 Å². The summed E-state index contributed by atoms with van der Waals surface area (Å²) in [6.45, 7) is 7.02. The Morgan fingerprint density at radius 1 is 1.06 bits per heavy atom. The molecule has 1 saturated heterocycles. The molecule has 0 saturated carbocycles. The summed E-state index contributed by atoms with van der Waals surface area (Å²) in [6.07, 6.45) is 2.90. The van der Waals surface area contributed by atoms with Gasteiger partial charge >= 0.3 is 5.69 Å². The van der Waals surface area contributed by atoms with Crippen LogP contribution < -0.4 is 16.0 Å². The fraction of sp³-hybridized carbons (Fsp3) is 0.348. The number of rotatable bonds is 6. The molecule has 1 fully saturated rings. The maximum atomic E-state index is 12.9. The van der Waals surface area contributed by atoms with Crippen molar-refractivity contribution in [1.29, 1.82) is 0 Å². The standard InChI is InChI=1S/C23H25N3O5/c1-13(2)18(15-4-6-24-7-5-15)19-20(27)25-23(28)26-21(19)31-17-11-14(3)10-16(12-17)22-29-8-9-30-22/h4-7,10-13,18,22H,8-9H2,1-3H3,(H2,25,26,27,28). The molecule has 1 aromatic carbocycles. The molecule has 162 valence electrons. The molecule has 4 rings (SSSR count). The number of nitrogens with one attached hydrogen (secondary N) is 2. The van der Waals surface area contributed by atoms with Crippen LogP contribution in [0.25, 0.3) is 0 Å². The Morgan fingerprint density at radius 2 is 1.77 bits per heavy atom. The SMILES string of the molecule is Cc1cc(Oc2[nH]c(=O)[nH]c(=O)c2C(c2ccncc2)C(C)C)cc(C2OCCO2)c1. The number of pyridine rings is 1. The zero-order valence-electron chi connectivity index (χ0n) is 17.7. The lowest BCUT2D eigenvalue weighted by atomic mass is 9.84. The molecule has 8 nitrogen and oxygen atoms in total. The lowest BCUT2D eigenvalue weighted by Gasteiger charge is -2.23. The highest BCUT2D eigenvalue weighted by atomic mass is 16.7. The molecule has 2 N–H and O–H groups in total. The van der Waals surface area contributed by atoms with E-state index >= 15 is 0 Å². The molecule has 3 heterocycles. The van der Waals surface area contributed by atoms with Crippen LogP contribution in [0.2, 0.25) is 0 Å². The van der Waals surface area contributed by atoms with E-state index in [0.29, 0.717) is 24.5 Å². The average Bonchev–Trinajstić information content (AvgIpc) is 3.25. The van der Waals surface area contributed by atoms with Gasteiger partial charge in [0.05, 0.1) is 18.8 Å². The predicted molar refractivity (Wildman–Crippen MR) is 114 cm³/mol. The van der Waals surface area contributed by atoms with E-state index in [-0.39, 0.29) is 17.7 Å². The Kier molecular flexibility index (Phi) is 6.01. The van der Waals surface area contributed by atoms with E-state index in [1.54, 1.807) is 18.5 Å². The van der Waals surface area contributed by atoms with Gasteiger partial charge < -0.3 is 14.2 Å². The monoisotopic (exact) mass is 423 g/mol. The van der Waals surface area contributed by atoms with Crippen molar-refractivity contribution in [3.05, 3.63) is 85.8 Å². The van der Waals surface area contributed by atoms with Crippen molar-refractivity contribution in [3.8, 4) is 11.6 Å². The number of nitrogens with zero attached hydrogens (tertiary/aromatic N) is 1. The van der Waals surface area contributed by atoms with Crippen molar-refractivity contribution in [3.63, 3.8) is 0 Å². The summed E-state index contributed by atoms with van der Waals surface area (Å²) < 4.78 is 17.3. The quantitative estimate of drug-likeness (QED) is 0.629. The summed E-state index contributed by atoms with van der Waals surface area (Å²) in [5, 5.41) is 0. The third-order valence-corrected chi connectivity index (χ3v) is 5.17. The fourth-order valence-corrected chi connectivity index (χ4v) is 3.93. The Morgan fingerprint density at radius 3 is 2.45 bits per heavy atom. The molecule has 1 aliphatic heterocycles. The van der Waals surface area contributed by atoms with Gasteiger partial charge in [0.15, 0.2) is 6.29 Å². The Bertz CT molecular complexity index is 1160. The summed E-state index contributed by atoms with van der Waals surface area (Å²) in [6, 6.07) is 9.30. The molecule has 3 aromatic rings. The number of aromatic nitrogens is 3. The average molecular weight is 423 g/mol. The first kappa shape index (κ1) is 21.0. The second-order valence-corrected chi connectivity index (χ2v) is 7.91. The Labute approximate surface area is 179 Å². The van der Waals surface area contributed by atoms with E-state index in [1.807, 2.05) is 45.0 Å². The first-order valence-electron chi connectivity index (χ1n) is 10.2. The minimum absolute atomic E-state index is 0.0603. The van der Waals surface area contributed by atoms with Gasteiger partial charge in [-0.3, -0.25) is 19.7 Å². The van der Waals surface area contributed by atoms with Crippen LogP contribution in [0.4, 0.5) is 0 Å². The third-order valence-electron chi connectivity index (χ3n) is 5.17.